The van der Waals surface area contributed by atoms with Gasteiger partial charge in [0.05, 0.1) is 22.6 Å². The first-order valence-corrected chi connectivity index (χ1v) is 12.3. The van der Waals surface area contributed by atoms with Crippen molar-refractivity contribution in [2.24, 2.45) is 5.10 Å². The smallest absolute Gasteiger partial charge is 0.270 e. The highest BCUT2D eigenvalue weighted by molar-refractivity contribution is 7.89. The summed E-state index contributed by atoms with van der Waals surface area (Å²) in [6.45, 7) is 1.19. The molecule has 3 aromatic carbocycles. The number of hydrazone groups is 1. The lowest BCUT2D eigenvalue weighted by molar-refractivity contribution is -0.384. The third-order valence-electron chi connectivity index (χ3n) is 4.81. The van der Waals surface area contributed by atoms with Crippen molar-refractivity contribution in [3.63, 3.8) is 0 Å². The zero-order valence-electron chi connectivity index (χ0n) is 18.4. The molecule has 3 aromatic rings. The lowest BCUT2D eigenvalue weighted by Gasteiger charge is -2.21. The van der Waals surface area contributed by atoms with Crippen LogP contribution in [0.4, 0.5) is 5.69 Å². The van der Waals surface area contributed by atoms with Gasteiger partial charge in [-0.1, -0.05) is 53.0 Å². The van der Waals surface area contributed by atoms with E-state index in [-0.39, 0.29) is 27.7 Å². The third-order valence-corrected chi connectivity index (χ3v) is 7.20. The number of amides is 1. The number of benzene rings is 3. The zero-order chi connectivity index (χ0) is 25.6. The first kappa shape index (κ1) is 26.3. The summed E-state index contributed by atoms with van der Waals surface area (Å²) in [7, 11) is -4.04. The molecular weight excluding hydrogens is 515 g/mol. The van der Waals surface area contributed by atoms with Crippen LogP contribution in [0.1, 0.15) is 16.7 Å². The fourth-order valence-electron chi connectivity index (χ4n) is 3.04. The summed E-state index contributed by atoms with van der Waals surface area (Å²) in [5, 5.41) is 15.3. The Hall–Kier alpha value is -3.31. The van der Waals surface area contributed by atoms with Crippen molar-refractivity contribution in [2.45, 2.75) is 18.4 Å². The van der Waals surface area contributed by atoms with Gasteiger partial charge >= 0.3 is 0 Å². The molecule has 0 aliphatic heterocycles. The minimum absolute atomic E-state index is 0.0322. The molecule has 182 valence electrons. The summed E-state index contributed by atoms with van der Waals surface area (Å²) in [6.07, 6.45) is 1.14. The largest absolute Gasteiger partial charge is 0.272 e. The van der Waals surface area contributed by atoms with Gasteiger partial charge in [-0.2, -0.15) is 9.41 Å². The predicted molar refractivity (Wildman–Crippen MR) is 134 cm³/mol. The standard InChI is InChI=1S/C23H20Cl2N4O5S/c1-16-5-8-21(9-6-16)35(33,34)28(14-17-3-2-4-19(24)11-17)15-23(30)27-26-13-18-12-20(29(31)32)7-10-22(18)25/h2-13H,14-15H2,1H3,(H,27,30)/b26-13-. The number of halogens is 2. The molecule has 0 aliphatic rings. The summed E-state index contributed by atoms with van der Waals surface area (Å²) in [5.41, 5.74) is 3.73. The van der Waals surface area contributed by atoms with Gasteiger partial charge in [-0.05, 0) is 42.8 Å². The van der Waals surface area contributed by atoms with E-state index in [2.05, 4.69) is 10.5 Å². The number of non-ortho nitro benzene ring substituents is 1. The number of hydrogen-bond acceptors (Lipinski definition) is 6. The summed E-state index contributed by atoms with van der Waals surface area (Å²) >= 11 is 12.1. The van der Waals surface area contributed by atoms with Crippen LogP contribution in [-0.2, 0) is 21.4 Å². The first-order valence-electron chi connectivity index (χ1n) is 10.1. The highest BCUT2D eigenvalue weighted by Gasteiger charge is 2.27. The number of nitrogens with zero attached hydrogens (tertiary/aromatic N) is 3. The Labute approximate surface area is 212 Å². The fraction of sp³-hybridized carbons (Fsp3) is 0.130. The molecule has 1 N–H and O–H groups in total. The van der Waals surface area contributed by atoms with E-state index in [0.717, 1.165) is 16.1 Å². The molecule has 3 rings (SSSR count). The van der Waals surface area contributed by atoms with Crippen LogP contribution >= 0.6 is 23.2 Å². The lowest BCUT2D eigenvalue weighted by Crippen LogP contribution is -2.39. The highest BCUT2D eigenvalue weighted by atomic mass is 35.5. The van der Waals surface area contributed by atoms with Gasteiger partial charge in [-0.15, -0.1) is 0 Å². The Bertz CT molecular complexity index is 1380. The topological polar surface area (TPSA) is 122 Å². The van der Waals surface area contributed by atoms with Gasteiger partial charge in [0.25, 0.3) is 11.6 Å². The second-order valence-electron chi connectivity index (χ2n) is 7.47. The molecule has 0 unspecified atom stereocenters. The average Bonchev–Trinajstić information content (AvgIpc) is 2.80. The van der Waals surface area contributed by atoms with Crippen LogP contribution in [0.2, 0.25) is 10.0 Å². The van der Waals surface area contributed by atoms with E-state index in [1.54, 1.807) is 36.4 Å². The third kappa shape index (κ3) is 7.09. The van der Waals surface area contributed by atoms with Crippen molar-refractivity contribution in [1.29, 1.82) is 0 Å². The second-order valence-corrected chi connectivity index (χ2v) is 10.3. The first-order chi connectivity index (χ1) is 16.6. The zero-order valence-corrected chi connectivity index (χ0v) is 20.7. The Morgan fingerprint density at radius 3 is 2.49 bits per heavy atom. The quantitative estimate of drug-likeness (QED) is 0.245. The molecule has 0 heterocycles. The molecule has 0 atom stereocenters. The number of nitrogens with one attached hydrogen (secondary N) is 1. The monoisotopic (exact) mass is 534 g/mol. The molecule has 0 aromatic heterocycles. The summed E-state index contributed by atoms with van der Waals surface area (Å²) < 4.78 is 27.6. The molecular formula is C23H20Cl2N4O5S. The summed E-state index contributed by atoms with van der Waals surface area (Å²) in [4.78, 5) is 23.0. The van der Waals surface area contributed by atoms with E-state index in [4.69, 9.17) is 23.2 Å². The molecule has 0 saturated heterocycles. The maximum Gasteiger partial charge on any atom is 0.270 e. The number of carbonyl (C=O) groups is 1. The van der Waals surface area contributed by atoms with Crippen molar-refractivity contribution in [2.75, 3.05) is 6.54 Å². The number of aryl methyl sites for hydroxylation is 1. The molecule has 0 aliphatic carbocycles. The normalized spacial score (nSPS) is 11.7. The van der Waals surface area contributed by atoms with Crippen molar-refractivity contribution in [1.82, 2.24) is 9.73 Å². The maximum absolute atomic E-state index is 13.3. The van der Waals surface area contributed by atoms with Crippen molar-refractivity contribution in [3.8, 4) is 0 Å². The van der Waals surface area contributed by atoms with E-state index in [1.807, 2.05) is 6.92 Å². The Kier molecular flexibility index (Phi) is 8.57. The predicted octanol–water partition coefficient (Wildman–Crippen LogP) is 4.55. The van der Waals surface area contributed by atoms with Crippen LogP contribution in [0, 0.1) is 17.0 Å². The van der Waals surface area contributed by atoms with E-state index in [0.29, 0.717) is 10.6 Å². The van der Waals surface area contributed by atoms with E-state index >= 15 is 0 Å². The number of rotatable bonds is 9. The van der Waals surface area contributed by atoms with Crippen molar-refractivity contribution >= 4 is 51.0 Å². The van der Waals surface area contributed by atoms with Gasteiger partial charge in [0.2, 0.25) is 10.0 Å². The van der Waals surface area contributed by atoms with Gasteiger partial charge < -0.3 is 0 Å². The van der Waals surface area contributed by atoms with E-state index in [1.165, 1.54) is 30.3 Å². The number of carbonyl (C=O) groups excluding carboxylic acids is 1. The lowest BCUT2D eigenvalue weighted by atomic mass is 10.2. The van der Waals surface area contributed by atoms with E-state index in [9.17, 15) is 23.3 Å². The average molecular weight is 535 g/mol. The van der Waals surface area contributed by atoms with Gasteiger partial charge in [-0.25, -0.2) is 13.8 Å². The van der Waals surface area contributed by atoms with Crippen molar-refractivity contribution in [3.05, 3.63) is 104 Å². The Morgan fingerprint density at radius 2 is 1.83 bits per heavy atom. The van der Waals surface area contributed by atoms with Crippen LogP contribution in [0.5, 0.6) is 0 Å². The molecule has 1 amide bonds. The van der Waals surface area contributed by atoms with Gasteiger partial charge in [0.1, 0.15) is 0 Å². The minimum Gasteiger partial charge on any atom is -0.272 e. The Morgan fingerprint density at radius 1 is 1.11 bits per heavy atom. The number of nitro benzene ring substituents is 1. The molecule has 35 heavy (non-hydrogen) atoms. The summed E-state index contributed by atoms with van der Waals surface area (Å²) in [5.74, 6) is -0.722. The minimum atomic E-state index is -4.04. The highest BCUT2D eigenvalue weighted by Crippen LogP contribution is 2.22. The van der Waals surface area contributed by atoms with Crippen LogP contribution in [0.25, 0.3) is 0 Å². The molecule has 12 heteroatoms. The molecule has 0 bridgehead atoms. The van der Waals surface area contributed by atoms with Gasteiger partial charge in [-0.3, -0.25) is 14.9 Å². The number of hydrogen-bond donors (Lipinski definition) is 1. The van der Waals surface area contributed by atoms with Crippen molar-refractivity contribution < 1.29 is 18.1 Å². The second kappa shape index (κ2) is 11.4. The SMILES string of the molecule is Cc1ccc(S(=O)(=O)N(CC(=O)N/N=C\c2cc([N+](=O)[O-])ccc2Cl)Cc2cccc(Cl)c2)cc1. The van der Waals surface area contributed by atoms with Crippen LogP contribution < -0.4 is 5.43 Å². The van der Waals surface area contributed by atoms with Crippen LogP contribution in [-0.4, -0.2) is 36.3 Å². The molecule has 0 saturated carbocycles. The number of nitro groups is 1. The molecule has 0 spiro atoms. The van der Waals surface area contributed by atoms with Gasteiger partial charge in [0, 0.05) is 34.3 Å². The number of sulfonamides is 1. The van der Waals surface area contributed by atoms with Crippen LogP contribution in [0.3, 0.4) is 0 Å². The van der Waals surface area contributed by atoms with Gasteiger partial charge in [0.15, 0.2) is 0 Å². The molecule has 0 radical (unpaired) electrons. The van der Waals surface area contributed by atoms with Crippen LogP contribution in [0.15, 0.2) is 76.7 Å². The van der Waals surface area contributed by atoms with E-state index < -0.39 is 27.4 Å². The molecule has 0 fully saturated rings. The fourth-order valence-corrected chi connectivity index (χ4v) is 4.80. The maximum atomic E-state index is 13.3. The Balaban J connectivity index is 1.81. The molecule has 9 nitrogen and oxygen atoms in total. The summed E-state index contributed by atoms with van der Waals surface area (Å²) in [6, 6.07) is 16.7.